The molecule has 0 saturated carbocycles. The molecule has 0 aromatic carbocycles. The molecule has 0 aromatic rings. The molecule has 0 saturated heterocycles. The molecule has 90 valence electrons. The molecule has 0 rings (SSSR count). The van der Waals surface area contributed by atoms with Gasteiger partial charge in [0.25, 0.3) is 0 Å². The van der Waals surface area contributed by atoms with Crippen molar-refractivity contribution in [3.63, 3.8) is 0 Å². The van der Waals surface area contributed by atoms with Crippen LogP contribution in [0.1, 0.15) is 61.3 Å². The lowest BCUT2D eigenvalue weighted by molar-refractivity contribution is 0.806. The van der Waals surface area contributed by atoms with Gasteiger partial charge in [-0.1, -0.05) is 60.6 Å². The molecule has 0 fully saturated rings. The first-order valence-corrected chi connectivity index (χ1v) is 6.21. The Morgan fingerprint density at radius 2 is 1.29 bits per heavy atom. The van der Waals surface area contributed by atoms with E-state index in [0.29, 0.717) is 0 Å². The Kier molecular flexibility index (Phi) is 89.8. The fourth-order valence-corrected chi connectivity index (χ4v) is 0.512. The summed E-state index contributed by atoms with van der Waals surface area (Å²) in [6.07, 6.45) is 6.71. The van der Waals surface area contributed by atoms with E-state index in [1.807, 2.05) is 48.6 Å². The molecule has 0 aliphatic rings. The zero-order chi connectivity index (χ0) is 12.2. The van der Waals surface area contributed by atoms with Crippen LogP contribution in [0.25, 0.3) is 0 Å². The second-order valence-electron chi connectivity index (χ2n) is 1.77. The Hall–Kier alpha value is -0.300. The van der Waals surface area contributed by atoms with E-state index in [9.17, 15) is 0 Å². The maximum atomic E-state index is 3.08. The second-order valence-corrected chi connectivity index (χ2v) is 1.77. The van der Waals surface area contributed by atoms with Gasteiger partial charge < -0.3 is 5.32 Å². The molecule has 1 N–H and O–H groups in total. The van der Waals surface area contributed by atoms with Crippen molar-refractivity contribution in [1.82, 2.24) is 5.32 Å². The van der Waals surface area contributed by atoms with E-state index >= 15 is 0 Å². The summed E-state index contributed by atoms with van der Waals surface area (Å²) in [6, 6.07) is 0. The lowest BCUT2D eigenvalue weighted by atomic mass is 10.3. The van der Waals surface area contributed by atoms with E-state index in [0.717, 1.165) is 19.4 Å². The molecular formula is C13H33N. The van der Waals surface area contributed by atoms with E-state index < -0.39 is 0 Å². The number of hydrogen-bond acceptors (Lipinski definition) is 1. The fourth-order valence-electron chi connectivity index (χ4n) is 0.512. The van der Waals surface area contributed by atoms with Crippen molar-refractivity contribution < 1.29 is 0 Å². The zero-order valence-corrected chi connectivity index (χ0v) is 11.8. The van der Waals surface area contributed by atoms with Gasteiger partial charge >= 0.3 is 0 Å². The van der Waals surface area contributed by atoms with Crippen molar-refractivity contribution in [1.29, 1.82) is 0 Å². The highest BCUT2D eigenvalue weighted by Crippen LogP contribution is 1.82. The highest BCUT2D eigenvalue weighted by Gasteiger charge is 1.72. The third kappa shape index (κ3) is 60.6. The Bertz CT molecular complexity index is 58.3. The van der Waals surface area contributed by atoms with Crippen LogP contribution < -0.4 is 5.32 Å². The first-order chi connectivity index (χ1) is 6.91. The van der Waals surface area contributed by atoms with Gasteiger partial charge in [0, 0.05) is 0 Å². The molecule has 0 unspecified atom stereocenters. The van der Waals surface area contributed by atoms with Gasteiger partial charge in [-0.2, -0.15) is 0 Å². The smallest absolute Gasteiger partial charge is 0.00173 e. The van der Waals surface area contributed by atoms with Gasteiger partial charge in [0.2, 0.25) is 0 Å². The van der Waals surface area contributed by atoms with E-state index in [4.69, 9.17) is 0 Å². The summed E-state index contributed by atoms with van der Waals surface area (Å²) < 4.78 is 0. The lowest BCUT2D eigenvalue weighted by Gasteiger charge is -1.88. The third-order valence-corrected chi connectivity index (χ3v) is 0.963. The maximum absolute atomic E-state index is 3.08. The Morgan fingerprint density at radius 3 is 1.57 bits per heavy atom. The number of allylic oxidation sites excluding steroid dienone is 1. The van der Waals surface area contributed by atoms with Crippen LogP contribution in [-0.2, 0) is 0 Å². The Labute approximate surface area is 93.0 Å². The minimum Gasteiger partial charge on any atom is -0.319 e. The van der Waals surface area contributed by atoms with Crippen LogP contribution in [0.2, 0.25) is 0 Å². The molecule has 0 heterocycles. The molecule has 0 aliphatic heterocycles. The molecule has 1 heteroatoms. The highest BCUT2D eigenvalue weighted by atomic mass is 14.8. The van der Waals surface area contributed by atoms with Crippen molar-refractivity contribution >= 4 is 0 Å². The minimum atomic E-state index is 1.09. The first kappa shape index (κ1) is 23.5. The quantitative estimate of drug-likeness (QED) is 0.518. The normalized spacial score (nSPS) is 7.43. The maximum Gasteiger partial charge on any atom is -0.00173 e. The topological polar surface area (TPSA) is 12.0 Å². The van der Waals surface area contributed by atoms with Gasteiger partial charge in [-0.3, -0.25) is 0 Å². The predicted octanol–water partition coefficient (Wildman–Crippen LogP) is 4.64. The van der Waals surface area contributed by atoms with Crippen molar-refractivity contribution in [2.75, 3.05) is 13.6 Å². The van der Waals surface area contributed by atoms with E-state index in [-0.39, 0.29) is 0 Å². The highest BCUT2D eigenvalue weighted by molar-refractivity contribution is 4.80. The summed E-state index contributed by atoms with van der Waals surface area (Å²) in [5.74, 6) is 0. The van der Waals surface area contributed by atoms with Gasteiger partial charge in [0.1, 0.15) is 0 Å². The van der Waals surface area contributed by atoms with Gasteiger partial charge in [-0.25, -0.2) is 0 Å². The standard InChI is InChI=1S/C7H15N.3C2H6/c1-3-4-5-6-7-8-2;3*1-2/h4-5,8H,3,6-7H2,1-2H3;3*1-2H3/b5-4+;;;. The fraction of sp³-hybridized carbons (Fsp3) is 0.846. The van der Waals surface area contributed by atoms with Gasteiger partial charge in [-0.15, -0.1) is 0 Å². The van der Waals surface area contributed by atoms with E-state index in [2.05, 4.69) is 24.4 Å². The molecule has 0 spiro atoms. The Balaban J connectivity index is -0.0000000708. The number of rotatable bonds is 4. The third-order valence-electron chi connectivity index (χ3n) is 0.963. The van der Waals surface area contributed by atoms with E-state index in [1.54, 1.807) is 0 Å². The van der Waals surface area contributed by atoms with Crippen LogP contribution in [0.4, 0.5) is 0 Å². The van der Waals surface area contributed by atoms with Crippen LogP contribution in [-0.4, -0.2) is 13.6 Å². The van der Waals surface area contributed by atoms with Gasteiger partial charge in [0.05, 0.1) is 0 Å². The average Bonchev–Trinajstić information content (AvgIpc) is 2.33. The summed E-state index contributed by atoms with van der Waals surface area (Å²) in [5, 5.41) is 3.08. The average molecular weight is 203 g/mol. The van der Waals surface area contributed by atoms with Crippen molar-refractivity contribution in [3.8, 4) is 0 Å². The summed E-state index contributed by atoms with van der Waals surface area (Å²) >= 11 is 0. The number of nitrogens with one attached hydrogen (secondary N) is 1. The van der Waals surface area contributed by atoms with E-state index in [1.165, 1.54) is 0 Å². The molecule has 0 radical (unpaired) electrons. The SMILES string of the molecule is CC.CC.CC.CC/C=C/CCNC. The first-order valence-electron chi connectivity index (χ1n) is 6.21. The zero-order valence-electron chi connectivity index (χ0n) is 11.8. The summed E-state index contributed by atoms with van der Waals surface area (Å²) in [5.41, 5.74) is 0. The monoisotopic (exact) mass is 203 g/mol. The molecule has 0 aliphatic carbocycles. The van der Waals surface area contributed by atoms with Gasteiger partial charge in [-0.05, 0) is 26.4 Å². The molecule has 14 heavy (non-hydrogen) atoms. The molecule has 0 bridgehead atoms. The summed E-state index contributed by atoms with van der Waals surface area (Å²) in [4.78, 5) is 0. The van der Waals surface area contributed by atoms with Crippen LogP contribution in [0.5, 0.6) is 0 Å². The van der Waals surface area contributed by atoms with Gasteiger partial charge in [0.15, 0.2) is 0 Å². The number of hydrogen-bond donors (Lipinski definition) is 1. The predicted molar refractivity (Wildman–Crippen MR) is 72.0 cm³/mol. The van der Waals surface area contributed by atoms with Crippen molar-refractivity contribution in [2.45, 2.75) is 61.3 Å². The molecule has 0 atom stereocenters. The summed E-state index contributed by atoms with van der Waals surface area (Å²) in [6.45, 7) is 15.2. The lowest BCUT2D eigenvalue weighted by Crippen LogP contribution is -2.05. The minimum absolute atomic E-state index is 1.09. The van der Waals surface area contributed by atoms with Crippen LogP contribution >= 0.6 is 0 Å². The van der Waals surface area contributed by atoms with Crippen LogP contribution in [0, 0.1) is 0 Å². The Morgan fingerprint density at radius 1 is 0.857 bits per heavy atom. The molecule has 1 nitrogen and oxygen atoms in total. The molecule has 0 aromatic heterocycles. The van der Waals surface area contributed by atoms with Crippen LogP contribution in [0.15, 0.2) is 12.2 Å². The summed E-state index contributed by atoms with van der Waals surface area (Å²) in [7, 11) is 1.97. The second kappa shape index (κ2) is 53.5. The van der Waals surface area contributed by atoms with Crippen molar-refractivity contribution in [2.24, 2.45) is 0 Å². The molecular weight excluding hydrogens is 170 g/mol. The molecule has 0 amide bonds. The van der Waals surface area contributed by atoms with Crippen molar-refractivity contribution in [3.05, 3.63) is 12.2 Å². The largest absolute Gasteiger partial charge is 0.319 e. The van der Waals surface area contributed by atoms with Crippen LogP contribution in [0.3, 0.4) is 0 Å².